The Bertz CT molecular complexity index is 411. The summed E-state index contributed by atoms with van der Waals surface area (Å²) in [5.41, 5.74) is 1.61. The maximum atomic E-state index is 10.7. The molecular weight excluding hydrogens is 212 g/mol. The second kappa shape index (κ2) is 3.65. The van der Waals surface area contributed by atoms with Gasteiger partial charge in [-0.25, -0.2) is 0 Å². The zero-order chi connectivity index (χ0) is 10.1. The second-order valence-corrected chi connectivity index (χ2v) is 4.39. The molecule has 1 rings (SSSR count). The highest BCUT2D eigenvalue weighted by atomic mass is 35.5. The lowest BCUT2D eigenvalue weighted by molar-refractivity contribution is 0.483. The molecule has 5 heteroatoms. The maximum absolute atomic E-state index is 10.7. The van der Waals surface area contributed by atoms with Crippen molar-refractivity contribution in [1.82, 2.24) is 0 Å². The highest BCUT2D eigenvalue weighted by molar-refractivity contribution is 7.85. The third kappa shape index (κ3) is 2.43. The molecule has 0 amide bonds. The summed E-state index contributed by atoms with van der Waals surface area (Å²) < 4.78 is 30.1. The molecule has 1 aromatic carbocycles. The molecule has 0 fully saturated rings. The summed E-state index contributed by atoms with van der Waals surface area (Å²) in [6.07, 6.45) is 0. The van der Waals surface area contributed by atoms with E-state index in [4.69, 9.17) is 16.2 Å². The molecule has 0 atom stereocenters. The van der Waals surface area contributed by atoms with Gasteiger partial charge < -0.3 is 0 Å². The van der Waals surface area contributed by atoms with Gasteiger partial charge in [0.2, 0.25) is 0 Å². The van der Waals surface area contributed by atoms with Crippen LogP contribution in [0.2, 0.25) is 0 Å². The highest BCUT2D eigenvalue weighted by Crippen LogP contribution is 2.16. The van der Waals surface area contributed by atoms with Gasteiger partial charge in [0.05, 0.1) is 4.90 Å². The predicted octanol–water partition coefficient (Wildman–Crippen LogP) is 1.98. The van der Waals surface area contributed by atoms with Gasteiger partial charge in [-0.15, -0.1) is 11.6 Å². The summed E-state index contributed by atoms with van der Waals surface area (Å²) in [5.74, 6) is 0.331. The Morgan fingerprint density at radius 3 is 2.46 bits per heavy atom. The van der Waals surface area contributed by atoms with E-state index < -0.39 is 10.1 Å². The van der Waals surface area contributed by atoms with E-state index in [0.717, 1.165) is 11.1 Å². The third-order valence-corrected chi connectivity index (χ3v) is 2.89. The lowest BCUT2D eigenvalue weighted by atomic mass is 10.1. The number of benzene rings is 1. The fraction of sp³-hybridized carbons (Fsp3) is 0.250. The minimum atomic E-state index is -4.09. The molecule has 0 spiro atoms. The van der Waals surface area contributed by atoms with E-state index in [2.05, 4.69) is 0 Å². The van der Waals surface area contributed by atoms with Crippen molar-refractivity contribution >= 4 is 21.7 Å². The maximum Gasteiger partial charge on any atom is 0.294 e. The molecule has 0 aliphatic rings. The predicted molar refractivity (Wildman–Crippen MR) is 50.6 cm³/mol. The van der Waals surface area contributed by atoms with Crippen molar-refractivity contribution in [2.24, 2.45) is 0 Å². The van der Waals surface area contributed by atoms with Gasteiger partial charge in [-0.05, 0) is 30.2 Å². The van der Waals surface area contributed by atoms with Crippen molar-refractivity contribution in [1.29, 1.82) is 0 Å². The summed E-state index contributed by atoms with van der Waals surface area (Å²) in [6.45, 7) is 1.74. The first-order valence-electron chi connectivity index (χ1n) is 3.58. The van der Waals surface area contributed by atoms with Crippen LogP contribution in [-0.2, 0) is 16.0 Å². The summed E-state index contributed by atoms with van der Waals surface area (Å²) >= 11 is 5.59. The molecule has 1 N–H and O–H groups in total. The van der Waals surface area contributed by atoms with E-state index in [-0.39, 0.29) is 4.90 Å². The summed E-state index contributed by atoms with van der Waals surface area (Å²) in [5, 5.41) is 0. The Hall–Kier alpha value is -0.580. The first-order chi connectivity index (χ1) is 5.95. The van der Waals surface area contributed by atoms with Crippen LogP contribution in [0.1, 0.15) is 11.1 Å². The molecule has 0 unspecified atom stereocenters. The third-order valence-electron chi connectivity index (χ3n) is 1.76. The number of halogens is 1. The quantitative estimate of drug-likeness (QED) is 0.613. The van der Waals surface area contributed by atoms with E-state index in [1.54, 1.807) is 13.0 Å². The molecule has 0 radical (unpaired) electrons. The number of hydrogen-bond donors (Lipinski definition) is 1. The van der Waals surface area contributed by atoms with Crippen LogP contribution in [0.3, 0.4) is 0 Å². The van der Waals surface area contributed by atoms with Gasteiger partial charge in [-0.2, -0.15) is 8.42 Å². The van der Waals surface area contributed by atoms with E-state index in [0.29, 0.717) is 5.88 Å². The van der Waals surface area contributed by atoms with Gasteiger partial charge in [0.25, 0.3) is 10.1 Å². The van der Waals surface area contributed by atoms with E-state index >= 15 is 0 Å². The standard InChI is InChI=1S/C8H9ClO3S/c1-6-4-8(13(10,11)12)3-2-7(6)5-9/h2-4H,5H2,1H3,(H,10,11,12). The fourth-order valence-corrected chi connectivity index (χ4v) is 1.84. The average molecular weight is 221 g/mol. The monoisotopic (exact) mass is 220 g/mol. The fourth-order valence-electron chi connectivity index (χ4n) is 0.979. The Labute approximate surface area is 82.1 Å². The molecule has 1 aromatic rings. The van der Waals surface area contributed by atoms with Crippen LogP contribution >= 0.6 is 11.6 Å². The van der Waals surface area contributed by atoms with Crippen LogP contribution in [0.5, 0.6) is 0 Å². The van der Waals surface area contributed by atoms with Crippen LogP contribution in [0.4, 0.5) is 0 Å². The lowest BCUT2D eigenvalue weighted by Gasteiger charge is -2.03. The largest absolute Gasteiger partial charge is 0.294 e. The first kappa shape index (κ1) is 10.5. The molecule has 13 heavy (non-hydrogen) atoms. The van der Waals surface area contributed by atoms with Crippen molar-refractivity contribution in [3.63, 3.8) is 0 Å². The minimum absolute atomic E-state index is 0.0983. The van der Waals surface area contributed by atoms with E-state index in [9.17, 15) is 8.42 Å². The van der Waals surface area contributed by atoms with Gasteiger partial charge in [-0.1, -0.05) is 6.07 Å². The van der Waals surface area contributed by atoms with E-state index in [1.165, 1.54) is 12.1 Å². The van der Waals surface area contributed by atoms with Crippen LogP contribution in [0, 0.1) is 6.92 Å². The van der Waals surface area contributed by atoms with Crippen LogP contribution in [0.25, 0.3) is 0 Å². The minimum Gasteiger partial charge on any atom is -0.282 e. The Morgan fingerprint density at radius 1 is 1.46 bits per heavy atom. The van der Waals surface area contributed by atoms with Gasteiger partial charge in [-0.3, -0.25) is 4.55 Å². The SMILES string of the molecule is Cc1cc(S(=O)(=O)O)ccc1CCl. The molecule has 0 bridgehead atoms. The molecular formula is C8H9ClO3S. The molecule has 3 nitrogen and oxygen atoms in total. The average Bonchev–Trinajstić information content (AvgIpc) is 2.02. The zero-order valence-electron chi connectivity index (χ0n) is 6.99. The number of rotatable bonds is 2. The number of aryl methyl sites for hydroxylation is 1. The van der Waals surface area contributed by atoms with Gasteiger partial charge in [0.1, 0.15) is 0 Å². The van der Waals surface area contributed by atoms with E-state index in [1.807, 2.05) is 0 Å². The van der Waals surface area contributed by atoms with Crippen LogP contribution in [0.15, 0.2) is 23.1 Å². The Kier molecular flexibility index (Phi) is 2.95. The van der Waals surface area contributed by atoms with Crippen LogP contribution in [-0.4, -0.2) is 13.0 Å². The molecule has 0 aromatic heterocycles. The van der Waals surface area contributed by atoms with Crippen molar-refractivity contribution < 1.29 is 13.0 Å². The topological polar surface area (TPSA) is 54.4 Å². The second-order valence-electron chi connectivity index (χ2n) is 2.70. The van der Waals surface area contributed by atoms with Gasteiger partial charge >= 0.3 is 0 Å². The van der Waals surface area contributed by atoms with Crippen molar-refractivity contribution in [3.8, 4) is 0 Å². The van der Waals surface area contributed by atoms with Gasteiger partial charge in [0, 0.05) is 5.88 Å². The van der Waals surface area contributed by atoms with Crippen molar-refractivity contribution in [2.45, 2.75) is 17.7 Å². The zero-order valence-corrected chi connectivity index (χ0v) is 8.56. The molecule has 0 aliphatic heterocycles. The molecule has 0 saturated carbocycles. The molecule has 72 valence electrons. The normalized spacial score (nSPS) is 11.6. The van der Waals surface area contributed by atoms with Crippen molar-refractivity contribution in [3.05, 3.63) is 29.3 Å². The van der Waals surface area contributed by atoms with Crippen LogP contribution < -0.4 is 0 Å². The highest BCUT2D eigenvalue weighted by Gasteiger charge is 2.10. The smallest absolute Gasteiger partial charge is 0.282 e. The lowest BCUT2D eigenvalue weighted by Crippen LogP contribution is -1.99. The summed E-state index contributed by atoms with van der Waals surface area (Å²) in [7, 11) is -4.09. The molecule has 0 heterocycles. The summed E-state index contributed by atoms with van der Waals surface area (Å²) in [6, 6.07) is 4.32. The van der Waals surface area contributed by atoms with Gasteiger partial charge in [0.15, 0.2) is 0 Å². The Morgan fingerprint density at radius 2 is 2.08 bits per heavy atom. The van der Waals surface area contributed by atoms with Crippen molar-refractivity contribution in [2.75, 3.05) is 0 Å². The summed E-state index contributed by atoms with van der Waals surface area (Å²) in [4.78, 5) is -0.0983. The Balaban J connectivity index is 3.26. The number of alkyl halides is 1. The number of hydrogen-bond acceptors (Lipinski definition) is 2. The first-order valence-corrected chi connectivity index (χ1v) is 5.55. The molecule has 0 aliphatic carbocycles. The molecule has 0 saturated heterocycles.